The maximum Gasteiger partial charge on any atom is 0.117 e. The summed E-state index contributed by atoms with van der Waals surface area (Å²) in [5, 5.41) is 12.7. The van der Waals surface area contributed by atoms with Gasteiger partial charge < -0.3 is 14.8 Å². The number of furan rings is 1. The Hall–Kier alpha value is -1.90. The summed E-state index contributed by atoms with van der Waals surface area (Å²) in [6.45, 7) is 5.97. The molecule has 2 aromatic rings. The first-order valence-electron chi connectivity index (χ1n) is 5.69. The van der Waals surface area contributed by atoms with Gasteiger partial charge in [0, 0.05) is 17.3 Å². The molecule has 1 aromatic heterocycles. The minimum Gasteiger partial charge on any atom is -0.508 e. The molecule has 0 radical (unpaired) electrons. The van der Waals surface area contributed by atoms with E-state index in [-0.39, 0.29) is 11.8 Å². The van der Waals surface area contributed by atoms with E-state index >= 15 is 0 Å². The summed E-state index contributed by atoms with van der Waals surface area (Å²) in [5.74, 6) is 2.12. The van der Waals surface area contributed by atoms with E-state index in [1.165, 1.54) is 0 Å². The van der Waals surface area contributed by atoms with Crippen LogP contribution < -0.4 is 5.32 Å². The smallest absolute Gasteiger partial charge is 0.117 e. The Morgan fingerprint density at radius 3 is 2.59 bits per heavy atom. The molecular weight excluding hydrogens is 214 g/mol. The second kappa shape index (κ2) is 4.53. The topological polar surface area (TPSA) is 45.4 Å². The molecule has 0 bridgehead atoms. The average Bonchev–Trinajstić information content (AvgIpc) is 2.58. The summed E-state index contributed by atoms with van der Waals surface area (Å²) in [4.78, 5) is 0. The molecular formula is C14H17NO2. The number of aryl methyl sites for hydroxylation is 2. The van der Waals surface area contributed by atoms with Gasteiger partial charge in [-0.05, 0) is 39.0 Å². The predicted molar refractivity (Wildman–Crippen MR) is 68.3 cm³/mol. The summed E-state index contributed by atoms with van der Waals surface area (Å²) >= 11 is 0. The van der Waals surface area contributed by atoms with Gasteiger partial charge in [0.2, 0.25) is 0 Å². The van der Waals surface area contributed by atoms with Crippen LogP contribution in [0.2, 0.25) is 0 Å². The zero-order chi connectivity index (χ0) is 12.4. The highest BCUT2D eigenvalue weighted by Gasteiger charge is 2.12. The number of aromatic hydroxyl groups is 1. The van der Waals surface area contributed by atoms with Crippen molar-refractivity contribution in [2.24, 2.45) is 0 Å². The molecule has 0 spiro atoms. The number of anilines is 1. The van der Waals surface area contributed by atoms with E-state index in [1.54, 1.807) is 12.1 Å². The van der Waals surface area contributed by atoms with Gasteiger partial charge in [-0.15, -0.1) is 0 Å². The molecule has 2 rings (SSSR count). The molecule has 2 N–H and O–H groups in total. The van der Waals surface area contributed by atoms with Crippen molar-refractivity contribution in [3.8, 4) is 5.75 Å². The van der Waals surface area contributed by atoms with Crippen molar-refractivity contribution in [2.75, 3.05) is 5.32 Å². The lowest BCUT2D eigenvalue weighted by molar-refractivity contribution is 0.475. The zero-order valence-electron chi connectivity index (χ0n) is 10.3. The van der Waals surface area contributed by atoms with Crippen LogP contribution in [0.15, 0.2) is 34.7 Å². The molecule has 0 aliphatic rings. The van der Waals surface area contributed by atoms with Crippen molar-refractivity contribution in [3.05, 3.63) is 47.4 Å². The molecule has 1 atom stereocenters. The maximum atomic E-state index is 9.40. The highest BCUT2D eigenvalue weighted by molar-refractivity contribution is 5.49. The van der Waals surface area contributed by atoms with Gasteiger partial charge >= 0.3 is 0 Å². The van der Waals surface area contributed by atoms with E-state index in [1.807, 2.05) is 32.0 Å². The standard InChI is InChI=1S/C14H17NO2/c1-9-7-14(11(3)17-9)10(2)15-12-5-4-6-13(16)8-12/h4-8,10,15-16H,1-3H3. The lowest BCUT2D eigenvalue weighted by atomic mass is 10.1. The van der Waals surface area contributed by atoms with E-state index < -0.39 is 0 Å². The van der Waals surface area contributed by atoms with Crippen molar-refractivity contribution in [1.82, 2.24) is 0 Å². The minimum atomic E-state index is 0.147. The monoisotopic (exact) mass is 231 g/mol. The largest absolute Gasteiger partial charge is 0.508 e. The second-order valence-electron chi connectivity index (χ2n) is 4.28. The van der Waals surface area contributed by atoms with E-state index in [4.69, 9.17) is 4.42 Å². The molecule has 0 saturated heterocycles. The summed E-state index contributed by atoms with van der Waals surface area (Å²) in [6.07, 6.45) is 0. The van der Waals surface area contributed by atoms with Gasteiger partial charge in [-0.3, -0.25) is 0 Å². The number of hydrogen-bond donors (Lipinski definition) is 2. The van der Waals surface area contributed by atoms with Gasteiger partial charge in [0.25, 0.3) is 0 Å². The Labute approximate surface area is 101 Å². The number of phenols is 1. The maximum absolute atomic E-state index is 9.40. The molecule has 0 amide bonds. The van der Waals surface area contributed by atoms with Gasteiger partial charge in [-0.1, -0.05) is 6.07 Å². The van der Waals surface area contributed by atoms with Crippen LogP contribution in [0.3, 0.4) is 0 Å². The van der Waals surface area contributed by atoms with Crippen LogP contribution in [-0.2, 0) is 0 Å². The molecule has 17 heavy (non-hydrogen) atoms. The SMILES string of the molecule is Cc1cc(C(C)Nc2cccc(O)c2)c(C)o1. The number of benzene rings is 1. The molecule has 1 heterocycles. The first-order valence-corrected chi connectivity index (χ1v) is 5.69. The van der Waals surface area contributed by atoms with Gasteiger partial charge in [0.1, 0.15) is 17.3 Å². The number of hydrogen-bond acceptors (Lipinski definition) is 3. The van der Waals surface area contributed by atoms with E-state index in [9.17, 15) is 5.11 Å². The van der Waals surface area contributed by atoms with Crippen molar-refractivity contribution in [2.45, 2.75) is 26.8 Å². The fourth-order valence-corrected chi connectivity index (χ4v) is 2.00. The first-order chi connectivity index (χ1) is 8.06. The van der Waals surface area contributed by atoms with Gasteiger partial charge in [0.15, 0.2) is 0 Å². The van der Waals surface area contributed by atoms with Crippen LogP contribution in [0.1, 0.15) is 30.0 Å². The van der Waals surface area contributed by atoms with Crippen molar-refractivity contribution in [3.63, 3.8) is 0 Å². The fraction of sp³-hybridized carbons (Fsp3) is 0.286. The first kappa shape index (κ1) is 11.6. The van der Waals surface area contributed by atoms with Crippen LogP contribution in [0, 0.1) is 13.8 Å². The third kappa shape index (κ3) is 2.61. The van der Waals surface area contributed by atoms with Crippen molar-refractivity contribution < 1.29 is 9.52 Å². The summed E-state index contributed by atoms with van der Waals surface area (Å²) in [6, 6.07) is 9.29. The summed E-state index contributed by atoms with van der Waals surface area (Å²) in [7, 11) is 0. The molecule has 1 aromatic carbocycles. The minimum absolute atomic E-state index is 0.147. The molecule has 3 nitrogen and oxygen atoms in total. The number of nitrogens with one attached hydrogen (secondary N) is 1. The van der Waals surface area contributed by atoms with Gasteiger partial charge in [0.05, 0.1) is 6.04 Å². The summed E-state index contributed by atoms with van der Waals surface area (Å²) in [5.41, 5.74) is 2.04. The van der Waals surface area contributed by atoms with Crippen LogP contribution >= 0.6 is 0 Å². The Balaban J connectivity index is 2.16. The third-order valence-electron chi connectivity index (χ3n) is 2.78. The van der Waals surface area contributed by atoms with Crippen LogP contribution in [-0.4, -0.2) is 5.11 Å². The molecule has 0 saturated carbocycles. The van der Waals surface area contributed by atoms with E-state index in [0.717, 1.165) is 22.8 Å². The van der Waals surface area contributed by atoms with Crippen molar-refractivity contribution in [1.29, 1.82) is 0 Å². The molecule has 90 valence electrons. The lowest BCUT2D eigenvalue weighted by Crippen LogP contribution is -2.06. The Morgan fingerprint density at radius 1 is 1.24 bits per heavy atom. The van der Waals surface area contributed by atoms with E-state index in [0.29, 0.717) is 0 Å². The Morgan fingerprint density at radius 2 is 2.00 bits per heavy atom. The van der Waals surface area contributed by atoms with Crippen LogP contribution in [0.5, 0.6) is 5.75 Å². The molecule has 3 heteroatoms. The van der Waals surface area contributed by atoms with Crippen LogP contribution in [0.25, 0.3) is 0 Å². The quantitative estimate of drug-likeness (QED) is 0.845. The molecule has 0 aliphatic heterocycles. The van der Waals surface area contributed by atoms with Gasteiger partial charge in [-0.25, -0.2) is 0 Å². The van der Waals surface area contributed by atoms with E-state index in [2.05, 4.69) is 12.2 Å². The highest BCUT2D eigenvalue weighted by atomic mass is 16.3. The Bertz CT molecular complexity index is 517. The predicted octanol–water partition coefficient (Wildman–Crippen LogP) is 3.78. The Kier molecular flexibility index (Phi) is 3.09. The van der Waals surface area contributed by atoms with Gasteiger partial charge in [-0.2, -0.15) is 0 Å². The highest BCUT2D eigenvalue weighted by Crippen LogP contribution is 2.26. The normalized spacial score (nSPS) is 12.4. The van der Waals surface area contributed by atoms with Crippen LogP contribution in [0.4, 0.5) is 5.69 Å². The second-order valence-corrected chi connectivity index (χ2v) is 4.28. The fourth-order valence-electron chi connectivity index (χ4n) is 2.00. The average molecular weight is 231 g/mol. The zero-order valence-corrected chi connectivity index (χ0v) is 10.3. The summed E-state index contributed by atoms with van der Waals surface area (Å²) < 4.78 is 5.51. The molecule has 1 unspecified atom stereocenters. The number of phenolic OH excluding ortho intramolecular Hbond substituents is 1. The lowest BCUT2D eigenvalue weighted by Gasteiger charge is -2.14. The number of rotatable bonds is 3. The third-order valence-corrected chi connectivity index (χ3v) is 2.78. The molecule has 0 fully saturated rings. The molecule has 0 aliphatic carbocycles. The van der Waals surface area contributed by atoms with Crippen molar-refractivity contribution >= 4 is 5.69 Å².